The average molecular weight is 244 g/mol. The van der Waals surface area contributed by atoms with E-state index in [1.165, 1.54) is 4.90 Å². The fourth-order valence-corrected chi connectivity index (χ4v) is 3.03. The van der Waals surface area contributed by atoms with Crippen LogP contribution >= 0.6 is 0 Å². The van der Waals surface area contributed by atoms with E-state index in [1.54, 1.807) is 12.3 Å². The van der Waals surface area contributed by atoms with E-state index in [2.05, 4.69) is 4.98 Å². The topological polar surface area (TPSA) is 50.3 Å². The van der Waals surface area contributed by atoms with Crippen LogP contribution in [0.3, 0.4) is 0 Å². The number of nitrogens with zero attached hydrogens (tertiary/aromatic N) is 2. The minimum atomic E-state index is -0.103. The lowest BCUT2D eigenvalue weighted by Crippen LogP contribution is -2.31. The minimum Gasteiger partial charge on any atom is -0.274 e. The van der Waals surface area contributed by atoms with E-state index in [4.69, 9.17) is 0 Å². The fraction of sp³-hybridized carbons (Fsp3) is 0.500. The third-order valence-corrected chi connectivity index (χ3v) is 3.97. The van der Waals surface area contributed by atoms with Crippen LogP contribution in [0.15, 0.2) is 18.3 Å². The summed E-state index contributed by atoms with van der Waals surface area (Å²) in [7, 11) is 0. The van der Waals surface area contributed by atoms with Gasteiger partial charge in [-0.3, -0.25) is 9.59 Å². The number of hydrogen-bond acceptors (Lipinski definition) is 3. The molecule has 2 aliphatic rings. The van der Waals surface area contributed by atoms with Crippen LogP contribution in [0.1, 0.15) is 31.2 Å². The third-order valence-electron chi connectivity index (χ3n) is 3.97. The third kappa shape index (κ3) is 1.64. The van der Waals surface area contributed by atoms with Gasteiger partial charge < -0.3 is 0 Å². The molecule has 1 aromatic rings. The molecule has 1 saturated heterocycles. The second-order valence-corrected chi connectivity index (χ2v) is 5.20. The maximum atomic E-state index is 12.3. The largest absolute Gasteiger partial charge is 0.274 e. The van der Waals surface area contributed by atoms with E-state index in [9.17, 15) is 9.59 Å². The molecule has 0 spiro atoms. The molecule has 2 amide bonds. The molecule has 2 fully saturated rings. The molecule has 1 saturated carbocycles. The molecule has 94 valence electrons. The van der Waals surface area contributed by atoms with Crippen LogP contribution in [0.2, 0.25) is 0 Å². The van der Waals surface area contributed by atoms with E-state index in [-0.39, 0.29) is 23.7 Å². The molecule has 2 atom stereocenters. The van der Waals surface area contributed by atoms with Gasteiger partial charge in [-0.15, -0.1) is 0 Å². The van der Waals surface area contributed by atoms with E-state index < -0.39 is 0 Å². The molecule has 1 aromatic heterocycles. The Labute approximate surface area is 106 Å². The van der Waals surface area contributed by atoms with Gasteiger partial charge in [-0.2, -0.15) is 0 Å². The smallest absolute Gasteiger partial charge is 0.238 e. The number of imide groups is 1. The van der Waals surface area contributed by atoms with Gasteiger partial charge in [0.05, 0.1) is 11.8 Å². The lowest BCUT2D eigenvalue weighted by Gasteiger charge is -2.19. The Morgan fingerprint density at radius 3 is 2.33 bits per heavy atom. The molecule has 0 N–H and O–H groups in total. The Kier molecular flexibility index (Phi) is 2.65. The molecule has 1 aliphatic carbocycles. The molecule has 4 heteroatoms. The van der Waals surface area contributed by atoms with Crippen molar-refractivity contribution in [2.45, 2.75) is 32.6 Å². The van der Waals surface area contributed by atoms with Gasteiger partial charge >= 0.3 is 0 Å². The van der Waals surface area contributed by atoms with Crippen LogP contribution in [-0.2, 0) is 9.59 Å². The zero-order valence-electron chi connectivity index (χ0n) is 10.4. The second kappa shape index (κ2) is 4.19. The highest BCUT2D eigenvalue weighted by molar-refractivity contribution is 6.21. The molecule has 1 aliphatic heterocycles. The normalized spacial score (nSPS) is 27.5. The lowest BCUT2D eigenvalue weighted by atomic mass is 9.81. The summed E-state index contributed by atoms with van der Waals surface area (Å²) in [5.41, 5.74) is 1.01. The van der Waals surface area contributed by atoms with Gasteiger partial charge in [0.15, 0.2) is 0 Å². The first-order valence-electron chi connectivity index (χ1n) is 6.49. The van der Waals surface area contributed by atoms with Gasteiger partial charge in [0.2, 0.25) is 11.8 Å². The summed E-state index contributed by atoms with van der Waals surface area (Å²) in [6, 6.07) is 3.66. The first kappa shape index (κ1) is 11.4. The Balaban J connectivity index is 1.97. The number of hydrogen-bond donors (Lipinski definition) is 0. The summed E-state index contributed by atoms with van der Waals surface area (Å²) >= 11 is 0. The number of rotatable bonds is 1. The Morgan fingerprint density at radius 1 is 1.17 bits per heavy atom. The van der Waals surface area contributed by atoms with Crippen LogP contribution in [0.25, 0.3) is 0 Å². The zero-order chi connectivity index (χ0) is 12.7. The van der Waals surface area contributed by atoms with Crippen LogP contribution in [-0.4, -0.2) is 16.8 Å². The van der Waals surface area contributed by atoms with Crippen molar-refractivity contribution in [2.75, 3.05) is 4.90 Å². The van der Waals surface area contributed by atoms with Gasteiger partial charge in [-0.05, 0) is 37.5 Å². The standard InChI is InChI=1S/C14H16N2O2/c1-9-6-7-15-12(8-9)16-13(17)10-4-2-3-5-11(10)14(16)18/h6-8,10-11H,2-5H2,1H3. The van der Waals surface area contributed by atoms with Gasteiger partial charge in [0.25, 0.3) is 0 Å². The molecule has 3 rings (SSSR count). The average Bonchev–Trinajstić information content (AvgIpc) is 2.63. The summed E-state index contributed by atoms with van der Waals surface area (Å²) in [5, 5.41) is 0. The van der Waals surface area contributed by atoms with Crippen LogP contribution < -0.4 is 4.90 Å². The Bertz CT molecular complexity index is 488. The Morgan fingerprint density at radius 2 is 1.78 bits per heavy atom. The lowest BCUT2D eigenvalue weighted by molar-refractivity contribution is -0.122. The first-order chi connectivity index (χ1) is 8.68. The minimum absolute atomic E-state index is 0.0530. The van der Waals surface area contributed by atoms with Crippen LogP contribution in [0, 0.1) is 18.8 Å². The summed E-state index contributed by atoms with van der Waals surface area (Å²) in [6.45, 7) is 1.93. The number of aryl methyl sites for hydroxylation is 1. The van der Waals surface area contributed by atoms with Crippen molar-refractivity contribution in [3.63, 3.8) is 0 Å². The highest BCUT2D eigenvalue weighted by Gasteiger charge is 2.49. The van der Waals surface area contributed by atoms with Crippen molar-refractivity contribution in [2.24, 2.45) is 11.8 Å². The van der Waals surface area contributed by atoms with E-state index in [0.29, 0.717) is 5.82 Å². The van der Waals surface area contributed by atoms with Crippen molar-refractivity contribution in [1.29, 1.82) is 0 Å². The van der Waals surface area contributed by atoms with Crippen LogP contribution in [0.4, 0.5) is 5.82 Å². The molecule has 0 radical (unpaired) electrons. The first-order valence-corrected chi connectivity index (χ1v) is 6.49. The SMILES string of the molecule is Cc1ccnc(N2C(=O)C3CCCCC3C2=O)c1. The number of anilines is 1. The summed E-state index contributed by atoms with van der Waals surface area (Å²) < 4.78 is 0. The number of carbonyl (C=O) groups excluding carboxylic acids is 2. The number of amides is 2. The van der Waals surface area contributed by atoms with E-state index >= 15 is 0 Å². The summed E-state index contributed by atoms with van der Waals surface area (Å²) in [6.07, 6.45) is 5.44. The van der Waals surface area contributed by atoms with Crippen molar-refractivity contribution in [1.82, 2.24) is 4.98 Å². The summed E-state index contributed by atoms with van der Waals surface area (Å²) in [5.74, 6) is 0.173. The van der Waals surface area contributed by atoms with Crippen molar-refractivity contribution in [3.05, 3.63) is 23.9 Å². The predicted octanol–water partition coefficient (Wildman–Crippen LogP) is 2.07. The number of fused-ring (bicyclic) bond motifs is 1. The maximum absolute atomic E-state index is 12.3. The summed E-state index contributed by atoms with van der Waals surface area (Å²) in [4.78, 5) is 30.1. The molecule has 2 heterocycles. The number of carbonyl (C=O) groups is 2. The predicted molar refractivity (Wildman–Crippen MR) is 66.9 cm³/mol. The highest BCUT2D eigenvalue weighted by Crippen LogP contribution is 2.39. The Hall–Kier alpha value is -1.71. The van der Waals surface area contributed by atoms with Gasteiger partial charge in [0.1, 0.15) is 5.82 Å². The molecule has 0 bridgehead atoms. The molecule has 4 nitrogen and oxygen atoms in total. The number of aromatic nitrogens is 1. The second-order valence-electron chi connectivity index (χ2n) is 5.20. The van der Waals surface area contributed by atoms with Crippen molar-refractivity contribution >= 4 is 17.6 Å². The maximum Gasteiger partial charge on any atom is 0.238 e. The molecular weight excluding hydrogens is 228 g/mol. The molecule has 18 heavy (non-hydrogen) atoms. The number of pyridine rings is 1. The quantitative estimate of drug-likeness (QED) is 0.710. The van der Waals surface area contributed by atoms with E-state index in [1.807, 2.05) is 13.0 Å². The highest BCUT2D eigenvalue weighted by atomic mass is 16.2. The van der Waals surface area contributed by atoms with Crippen molar-refractivity contribution in [3.8, 4) is 0 Å². The van der Waals surface area contributed by atoms with Gasteiger partial charge in [0, 0.05) is 6.20 Å². The van der Waals surface area contributed by atoms with Gasteiger partial charge in [-0.25, -0.2) is 9.88 Å². The fourth-order valence-electron chi connectivity index (χ4n) is 3.03. The van der Waals surface area contributed by atoms with Gasteiger partial charge in [-0.1, -0.05) is 12.8 Å². The molecular formula is C14H16N2O2. The monoisotopic (exact) mass is 244 g/mol. The molecule has 0 aromatic carbocycles. The molecule has 2 unspecified atom stereocenters. The van der Waals surface area contributed by atoms with Crippen LogP contribution in [0.5, 0.6) is 0 Å². The zero-order valence-corrected chi connectivity index (χ0v) is 10.4. The van der Waals surface area contributed by atoms with E-state index in [0.717, 1.165) is 31.2 Å². The van der Waals surface area contributed by atoms with Crippen molar-refractivity contribution < 1.29 is 9.59 Å².